The molecule has 2 aromatic carbocycles. The molecule has 0 bridgehead atoms. The predicted octanol–water partition coefficient (Wildman–Crippen LogP) is 3.15. The maximum atomic E-state index is 12.2. The van der Waals surface area contributed by atoms with Crippen LogP contribution in [0.1, 0.15) is 11.1 Å². The molecular formula is C14H14BrNO2S. The van der Waals surface area contributed by atoms with Gasteiger partial charge in [-0.3, -0.25) is 0 Å². The Kier molecular flexibility index (Phi) is 4.27. The van der Waals surface area contributed by atoms with Gasteiger partial charge in [0.05, 0.1) is 11.5 Å². The quantitative estimate of drug-likeness (QED) is 0.870. The minimum atomic E-state index is -3.21. The highest BCUT2D eigenvalue weighted by atomic mass is 79.9. The van der Waals surface area contributed by atoms with Crippen molar-refractivity contribution >= 4 is 31.5 Å². The summed E-state index contributed by atoms with van der Waals surface area (Å²) in [7, 11) is -3.21. The second kappa shape index (κ2) is 5.75. The minimum absolute atomic E-state index is 0.0203. The number of anilines is 1. The molecule has 0 aliphatic heterocycles. The van der Waals surface area contributed by atoms with Crippen LogP contribution in [-0.4, -0.2) is 8.42 Å². The molecule has 0 aliphatic rings. The predicted molar refractivity (Wildman–Crippen MR) is 81.3 cm³/mol. The van der Waals surface area contributed by atoms with Crippen LogP contribution in [0, 0.1) is 0 Å². The van der Waals surface area contributed by atoms with Crippen LogP contribution in [0.2, 0.25) is 0 Å². The van der Waals surface area contributed by atoms with Crippen molar-refractivity contribution in [1.82, 2.24) is 0 Å². The zero-order chi connectivity index (χ0) is 13.9. The Morgan fingerprint density at radius 3 is 2.32 bits per heavy atom. The van der Waals surface area contributed by atoms with E-state index in [-0.39, 0.29) is 11.5 Å². The molecule has 100 valence electrons. The molecule has 3 nitrogen and oxygen atoms in total. The Hall–Kier alpha value is -1.33. The number of halogens is 1. The van der Waals surface area contributed by atoms with E-state index in [1.54, 1.807) is 18.2 Å². The maximum absolute atomic E-state index is 12.2. The van der Waals surface area contributed by atoms with Gasteiger partial charge < -0.3 is 5.73 Å². The average Bonchev–Trinajstić information content (AvgIpc) is 2.35. The smallest absolute Gasteiger partial charge is 0.158 e. The molecule has 0 amide bonds. The minimum Gasteiger partial charge on any atom is -0.398 e. The van der Waals surface area contributed by atoms with E-state index in [1.807, 2.05) is 30.3 Å². The van der Waals surface area contributed by atoms with E-state index in [1.165, 1.54) is 0 Å². The van der Waals surface area contributed by atoms with E-state index >= 15 is 0 Å². The highest BCUT2D eigenvalue weighted by Crippen LogP contribution is 2.26. The Labute approximate surface area is 121 Å². The molecule has 19 heavy (non-hydrogen) atoms. The summed E-state index contributed by atoms with van der Waals surface area (Å²) < 4.78 is 25.0. The van der Waals surface area contributed by atoms with E-state index in [0.29, 0.717) is 15.7 Å². The number of nitrogens with two attached hydrogens (primary N) is 1. The van der Waals surface area contributed by atoms with E-state index < -0.39 is 9.84 Å². The third kappa shape index (κ3) is 3.81. The van der Waals surface area contributed by atoms with Crippen LogP contribution >= 0.6 is 15.9 Å². The van der Waals surface area contributed by atoms with Gasteiger partial charge in [0.1, 0.15) is 0 Å². The van der Waals surface area contributed by atoms with E-state index in [0.717, 1.165) is 5.56 Å². The van der Waals surface area contributed by atoms with E-state index in [9.17, 15) is 8.42 Å². The molecule has 0 aliphatic carbocycles. The van der Waals surface area contributed by atoms with Crippen molar-refractivity contribution in [2.75, 3.05) is 5.73 Å². The molecule has 2 N–H and O–H groups in total. The molecule has 0 aromatic heterocycles. The summed E-state index contributed by atoms with van der Waals surface area (Å²) >= 11 is 3.33. The number of rotatable bonds is 4. The molecule has 0 radical (unpaired) electrons. The zero-order valence-corrected chi connectivity index (χ0v) is 12.6. The molecule has 0 saturated carbocycles. The molecular weight excluding hydrogens is 326 g/mol. The lowest BCUT2D eigenvalue weighted by molar-refractivity contribution is 0.594. The number of benzene rings is 2. The zero-order valence-electron chi connectivity index (χ0n) is 10.2. The third-order valence-corrected chi connectivity index (χ3v) is 5.20. The molecule has 2 rings (SSSR count). The summed E-state index contributed by atoms with van der Waals surface area (Å²) in [4.78, 5) is 0. The molecule has 0 heterocycles. The van der Waals surface area contributed by atoms with Crippen molar-refractivity contribution in [1.29, 1.82) is 0 Å². The second-order valence-electron chi connectivity index (χ2n) is 4.34. The first-order valence-electron chi connectivity index (χ1n) is 5.75. The van der Waals surface area contributed by atoms with Crippen LogP contribution < -0.4 is 5.73 Å². The van der Waals surface area contributed by atoms with Crippen LogP contribution in [0.25, 0.3) is 0 Å². The van der Waals surface area contributed by atoms with Crippen molar-refractivity contribution in [2.24, 2.45) is 0 Å². The SMILES string of the molecule is Nc1cccc(CS(=O)(=O)Cc2ccccc2)c1Br. The molecule has 0 fully saturated rings. The normalized spacial score (nSPS) is 11.4. The summed E-state index contributed by atoms with van der Waals surface area (Å²) in [5, 5.41) is 0. The number of hydrogen-bond donors (Lipinski definition) is 1. The highest BCUT2D eigenvalue weighted by Gasteiger charge is 2.15. The third-order valence-electron chi connectivity index (χ3n) is 2.71. The van der Waals surface area contributed by atoms with Gasteiger partial charge in [-0.2, -0.15) is 0 Å². The van der Waals surface area contributed by atoms with Gasteiger partial charge >= 0.3 is 0 Å². The molecule has 0 unspecified atom stereocenters. The van der Waals surface area contributed by atoms with Gasteiger partial charge in [0, 0.05) is 10.2 Å². The molecule has 0 atom stereocenters. The van der Waals surface area contributed by atoms with Crippen molar-refractivity contribution in [2.45, 2.75) is 11.5 Å². The van der Waals surface area contributed by atoms with Gasteiger partial charge in [0.15, 0.2) is 9.84 Å². The lowest BCUT2D eigenvalue weighted by Crippen LogP contribution is -2.08. The lowest BCUT2D eigenvalue weighted by Gasteiger charge is -2.08. The number of nitrogen functional groups attached to an aromatic ring is 1. The lowest BCUT2D eigenvalue weighted by atomic mass is 10.2. The van der Waals surface area contributed by atoms with Crippen LogP contribution in [0.15, 0.2) is 53.0 Å². The molecule has 5 heteroatoms. The average molecular weight is 340 g/mol. The second-order valence-corrected chi connectivity index (χ2v) is 7.20. The van der Waals surface area contributed by atoms with Crippen LogP contribution in [0.3, 0.4) is 0 Å². The van der Waals surface area contributed by atoms with Crippen molar-refractivity contribution < 1.29 is 8.42 Å². The number of sulfone groups is 1. The van der Waals surface area contributed by atoms with Gasteiger partial charge in [0.2, 0.25) is 0 Å². The largest absolute Gasteiger partial charge is 0.398 e. The summed E-state index contributed by atoms with van der Waals surface area (Å²) in [5.74, 6) is 0.0165. The van der Waals surface area contributed by atoms with E-state index in [4.69, 9.17) is 5.73 Å². The highest BCUT2D eigenvalue weighted by molar-refractivity contribution is 9.10. The Morgan fingerprint density at radius 2 is 1.63 bits per heavy atom. The molecule has 2 aromatic rings. The van der Waals surface area contributed by atoms with Crippen molar-refractivity contribution in [3.05, 3.63) is 64.1 Å². The monoisotopic (exact) mass is 339 g/mol. The fourth-order valence-electron chi connectivity index (χ4n) is 1.83. The van der Waals surface area contributed by atoms with E-state index in [2.05, 4.69) is 15.9 Å². The Balaban J connectivity index is 2.20. The van der Waals surface area contributed by atoms with Gasteiger partial charge in [-0.1, -0.05) is 42.5 Å². The molecule has 0 spiro atoms. The van der Waals surface area contributed by atoms with Crippen molar-refractivity contribution in [3.8, 4) is 0 Å². The first-order valence-corrected chi connectivity index (χ1v) is 8.36. The fourth-order valence-corrected chi connectivity index (χ4v) is 3.93. The summed E-state index contributed by atoms with van der Waals surface area (Å²) in [6, 6.07) is 14.4. The fraction of sp³-hybridized carbons (Fsp3) is 0.143. The summed E-state index contributed by atoms with van der Waals surface area (Å²) in [6.45, 7) is 0. The topological polar surface area (TPSA) is 60.2 Å². The maximum Gasteiger partial charge on any atom is 0.158 e. The van der Waals surface area contributed by atoms with Gasteiger partial charge in [-0.25, -0.2) is 8.42 Å². The van der Waals surface area contributed by atoms with Crippen molar-refractivity contribution in [3.63, 3.8) is 0 Å². The Bertz CT molecular complexity index is 669. The van der Waals surface area contributed by atoms with Gasteiger partial charge in [0.25, 0.3) is 0 Å². The van der Waals surface area contributed by atoms with Gasteiger partial charge in [-0.15, -0.1) is 0 Å². The first-order chi connectivity index (χ1) is 8.98. The van der Waals surface area contributed by atoms with Crippen LogP contribution in [0.4, 0.5) is 5.69 Å². The first kappa shape index (κ1) is 14.1. The van der Waals surface area contributed by atoms with Crippen LogP contribution in [0.5, 0.6) is 0 Å². The number of hydrogen-bond acceptors (Lipinski definition) is 3. The summed E-state index contributed by atoms with van der Waals surface area (Å²) in [5.41, 5.74) is 7.78. The molecule has 0 saturated heterocycles. The van der Waals surface area contributed by atoms with Gasteiger partial charge in [-0.05, 0) is 33.1 Å². The van der Waals surface area contributed by atoms with Crippen LogP contribution in [-0.2, 0) is 21.3 Å². The summed E-state index contributed by atoms with van der Waals surface area (Å²) in [6.07, 6.45) is 0. The standard InChI is InChI=1S/C14H14BrNO2S/c15-14-12(7-4-8-13(14)16)10-19(17,18)9-11-5-2-1-3-6-11/h1-8H,9-10,16H2. The Morgan fingerprint density at radius 1 is 0.947 bits per heavy atom.